The summed E-state index contributed by atoms with van der Waals surface area (Å²) in [5, 5.41) is 3.62. The Kier molecular flexibility index (Phi) is 5.40. The molecule has 0 atom stereocenters. The zero-order chi connectivity index (χ0) is 18.7. The van der Waals surface area contributed by atoms with Gasteiger partial charge in [-0.1, -0.05) is 23.2 Å². The average molecular weight is 392 g/mol. The molecule has 5 nitrogen and oxygen atoms in total. The number of furan rings is 1. The second kappa shape index (κ2) is 7.72. The smallest absolute Gasteiger partial charge is 0.291 e. The number of amides is 1. The minimum Gasteiger partial charge on any atom is -0.493 e. The zero-order valence-corrected chi connectivity index (χ0v) is 15.5. The highest BCUT2D eigenvalue weighted by atomic mass is 35.5. The van der Waals surface area contributed by atoms with E-state index in [9.17, 15) is 4.79 Å². The highest BCUT2D eigenvalue weighted by Crippen LogP contribution is 2.31. The minimum atomic E-state index is -0.386. The van der Waals surface area contributed by atoms with Crippen LogP contribution in [0.15, 0.2) is 52.9 Å². The predicted octanol–water partition coefficient (Wildman–Crippen LogP) is 5.52. The quantitative estimate of drug-likeness (QED) is 0.621. The highest BCUT2D eigenvalue weighted by molar-refractivity contribution is 6.42. The van der Waals surface area contributed by atoms with Crippen LogP contribution in [0.3, 0.4) is 0 Å². The maximum absolute atomic E-state index is 12.4. The second-order valence-electron chi connectivity index (χ2n) is 5.32. The van der Waals surface area contributed by atoms with Crippen molar-refractivity contribution < 1.29 is 18.7 Å². The fourth-order valence-electron chi connectivity index (χ4n) is 2.37. The van der Waals surface area contributed by atoms with Crippen LogP contribution in [-0.2, 0) is 0 Å². The van der Waals surface area contributed by atoms with Crippen molar-refractivity contribution in [2.24, 2.45) is 0 Å². The van der Waals surface area contributed by atoms with E-state index in [1.165, 1.54) is 7.11 Å². The topological polar surface area (TPSA) is 60.7 Å². The molecule has 0 bridgehead atoms. The lowest BCUT2D eigenvalue weighted by molar-refractivity contribution is 0.0997. The molecule has 1 heterocycles. The van der Waals surface area contributed by atoms with E-state index in [4.69, 9.17) is 37.1 Å². The van der Waals surface area contributed by atoms with E-state index in [0.717, 1.165) is 5.56 Å². The number of anilines is 1. The molecule has 2 aromatic carbocycles. The summed E-state index contributed by atoms with van der Waals surface area (Å²) in [5.41, 5.74) is 1.28. The van der Waals surface area contributed by atoms with Gasteiger partial charge in [0.15, 0.2) is 17.3 Å². The Morgan fingerprint density at radius 3 is 2.38 bits per heavy atom. The van der Waals surface area contributed by atoms with Crippen molar-refractivity contribution in [2.45, 2.75) is 0 Å². The molecule has 0 aliphatic carbocycles. The number of carbonyl (C=O) groups excluding carboxylic acids is 1. The molecule has 1 N–H and O–H groups in total. The molecule has 134 valence electrons. The molecule has 0 radical (unpaired) electrons. The van der Waals surface area contributed by atoms with Crippen LogP contribution in [0.1, 0.15) is 10.6 Å². The molecule has 0 saturated carbocycles. The molecule has 3 rings (SSSR count). The molecule has 3 aromatic rings. The van der Waals surface area contributed by atoms with Gasteiger partial charge < -0.3 is 19.2 Å². The van der Waals surface area contributed by atoms with Gasteiger partial charge in [-0.15, -0.1) is 0 Å². The molecule has 1 amide bonds. The molecule has 0 aliphatic rings. The van der Waals surface area contributed by atoms with Crippen LogP contribution in [0, 0.1) is 0 Å². The first kappa shape index (κ1) is 18.2. The largest absolute Gasteiger partial charge is 0.493 e. The van der Waals surface area contributed by atoms with Gasteiger partial charge in [0.1, 0.15) is 5.76 Å². The van der Waals surface area contributed by atoms with Crippen LogP contribution in [0.4, 0.5) is 5.69 Å². The second-order valence-corrected chi connectivity index (χ2v) is 6.13. The van der Waals surface area contributed by atoms with E-state index < -0.39 is 0 Å². The summed E-state index contributed by atoms with van der Waals surface area (Å²) in [6, 6.07) is 13.5. The summed E-state index contributed by atoms with van der Waals surface area (Å²) in [5.74, 6) is 1.39. The third-order valence-electron chi connectivity index (χ3n) is 3.68. The molecule has 26 heavy (non-hydrogen) atoms. The van der Waals surface area contributed by atoms with Gasteiger partial charge >= 0.3 is 0 Å². The van der Waals surface area contributed by atoms with Gasteiger partial charge in [-0.3, -0.25) is 4.79 Å². The Morgan fingerprint density at radius 1 is 0.923 bits per heavy atom. The van der Waals surface area contributed by atoms with E-state index in [2.05, 4.69) is 5.32 Å². The Morgan fingerprint density at radius 2 is 1.69 bits per heavy atom. The Balaban J connectivity index is 1.79. The monoisotopic (exact) mass is 391 g/mol. The summed E-state index contributed by atoms with van der Waals surface area (Å²) < 4.78 is 16.0. The van der Waals surface area contributed by atoms with E-state index in [1.807, 2.05) is 0 Å². The van der Waals surface area contributed by atoms with Crippen molar-refractivity contribution in [3.05, 3.63) is 64.3 Å². The number of benzene rings is 2. The van der Waals surface area contributed by atoms with Gasteiger partial charge in [0.05, 0.1) is 24.3 Å². The Bertz CT molecular complexity index is 952. The lowest BCUT2D eigenvalue weighted by atomic mass is 10.2. The number of ether oxygens (including phenoxy) is 2. The summed E-state index contributed by atoms with van der Waals surface area (Å²) in [4.78, 5) is 12.4. The van der Waals surface area contributed by atoms with Crippen LogP contribution in [0.2, 0.25) is 10.0 Å². The van der Waals surface area contributed by atoms with Gasteiger partial charge in [0.25, 0.3) is 5.91 Å². The van der Waals surface area contributed by atoms with E-state index in [-0.39, 0.29) is 11.7 Å². The van der Waals surface area contributed by atoms with Crippen molar-refractivity contribution in [3.8, 4) is 22.8 Å². The molecule has 0 spiro atoms. The molecule has 0 unspecified atom stereocenters. The molecule has 0 saturated heterocycles. The molecule has 0 aliphatic heterocycles. The van der Waals surface area contributed by atoms with Crippen LogP contribution in [-0.4, -0.2) is 20.1 Å². The standard InChI is InChI=1S/C19H15Cl2NO4/c1-24-16-6-4-12(10-18(16)25-2)22-19(23)17-8-7-15(26-17)11-3-5-13(20)14(21)9-11/h3-10H,1-2H3,(H,22,23). The number of hydrogen-bond donors (Lipinski definition) is 1. The zero-order valence-electron chi connectivity index (χ0n) is 14.0. The van der Waals surface area contributed by atoms with E-state index in [0.29, 0.717) is 33.0 Å². The number of rotatable bonds is 5. The normalized spacial score (nSPS) is 10.5. The van der Waals surface area contributed by atoms with Crippen molar-refractivity contribution >= 4 is 34.8 Å². The lowest BCUT2D eigenvalue weighted by Crippen LogP contribution is -2.10. The molecule has 0 fully saturated rings. The van der Waals surface area contributed by atoms with Gasteiger partial charge in [-0.2, -0.15) is 0 Å². The van der Waals surface area contributed by atoms with Gasteiger partial charge in [0, 0.05) is 17.3 Å². The van der Waals surface area contributed by atoms with Crippen LogP contribution in [0.25, 0.3) is 11.3 Å². The maximum atomic E-state index is 12.4. The molecule has 1 aromatic heterocycles. The van der Waals surface area contributed by atoms with Gasteiger partial charge in [-0.05, 0) is 42.5 Å². The highest BCUT2D eigenvalue weighted by Gasteiger charge is 2.14. The SMILES string of the molecule is COc1ccc(NC(=O)c2ccc(-c3ccc(Cl)c(Cl)c3)o2)cc1OC. The van der Waals surface area contributed by atoms with Crippen molar-refractivity contribution in [1.82, 2.24) is 0 Å². The first-order valence-electron chi connectivity index (χ1n) is 7.60. The summed E-state index contributed by atoms with van der Waals surface area (Å²) in [6.45, 7) is 0. The van der Waals surface area contributed by atoms with Crippen molar-refractivity contribution in [2.75, 3.05) is 19.5 Å². The first-order chi connectivity index (χ1) is 12.5. The summed E-state index contributed by atoms with van der Waals surface area (Å²) >= 11 is 11.9. The van der Waals surface area contributed by atoms with Crippen LogP contribution in [0.5, 0.6) is 11.5 Å². The summed E-state index contributed by atoms with van der Waals surface area (Å²) in [7, 11) is 3.07. The molecular weight excluding hydrogens is 377 g/mol. The molecular formula is C19H15Cl2NO4. The fraction of sp³-hybridized carbons (Fsp3) is 0.105. The Hall–Kier alpha value is -2.63. The van der Waals surface area contributed by atoms with Crippen molar-refractivity contribution in [3.63, 3.8) is 0 Å². The maximum Gasteiger partial charge on any atom is 0.291 e. The number of nitrogens with one attached hydrogen (secondary N) is 1. The first-order valence-corrected chi connectivity index (χ1v) is 8.36. The van der Waals surface area contributed by atoms with E-state index >= 15 is 0 Å². The van der Waals surface area contributed by atoms with Crippen molar-refractivity contribution in [1.29, 1.82) is 0 Å². The predicted molar refractivity (Wildman–Crippen MR) is 102 cm³/mol. The minimum absolute atomic E-state index is 0.167. The fourth-order valence-corrected chi connectivity index (χ4v) is 2.67. The van der Waals surface area contributed by atoms with Gasteiger partial charge in [-0.25, -0.2) is 0 Å². The van der Waals surface area contributed by atoms with Crippen LogP contribution < -0.4 is 14.8 Å². The third-order valence-corrected chi connectivity index (χ3v) is 4.41. The van der Waals surface area contributed by atoms with E-state index in [1.54, 1.807) is 55.6 Å². The lowest BCUT2D eigenvalue weighted by Gasteiger charge is -2.10. The number of carbonyl (C=O) groups is 1. The van der Waals surface area contributed by atoms with Gasteiger partial charge in [0.2, 0.25) is 0 Å². The Labute approximate surface area is 160 Å². The number of hydrogen-bond acceptors (Lipinski definition) is 4. The number of halogens is 2. The third kappa shape index (κ3) is 3.79. The summed E-state index contributed by atoms with van der Waals surface area (Å²) in [6.07, 6.45) is 0. The van der Waals surface area contributed by atoms with Crippen LogP contribution >= 0.6 is 23.2 Å². The number of methoxy groups -OCH3 is 2. The average Bonchev–Trinajstić information content (AvgIpc) is 3.14. The molecule has 7 heteroatoms.